The third kappa shape index (κ3) is 3.23. The molecule has 0 aromatic carbocycles. The Morgan fingerprint density at radius 3 is 2.50 bits per heavy atom. The first kappa shape index (κ1) is 14.0. The maximum atomic E-state index is 11.9. The summed E-state index contributed by atoms with van der Waals surface area (Å²) < 4.78 is 17.6. The molecule has 0 aliphatic carbocycles. The second-order valence-corrected chi connectivity index (χ2v) is 7.53. The molecule has 16 heavy (non-hydrogen) atoms. The summed E-state index contributed by atoms with van der Waals surface area (Å²) in [5.74, 6) is 0.865. The van der Waals surface area contributed by atoms with E-state index in [0.717, 1.165) is 10.4 Å². The van der Waals surface area contributed by atoms with Gasteiger partial charge in [-0.2, -0.15) is 0 Å². The molecule has 0 aliphatic rings. The minimum atomic E-state index is -1.09. The van der Waals surface area contributed by atoms with Crippen molar-refractivity contribution in [2.24, 2.45) is 7.05 Å². The van der Waals surface area contributed by atoms with Crippen LogP contribution in [0.1, 0.15) is 39.6 Å². The van der Waals surface area contributed by atoms with Crippen LogP contribution in [0.3, 0.4) is 0 Å². The largest absolute Gasteiger partial charge is 0.598 e. The molecule has 1 N–H and O–H groups in total. The van der Waals surface area contributed by atoms with E-state index < -0.39 is 11.4 Å². The van der Waals surface area contributed by atoms with Crippen LogP contribution in [-0.4, -0.2) is 18.9 Å². The standard InChI is InChI=1S/C10H18BrN3OS/c1-7(13-16(15)10(2,3)4)9-12-6-8(11)14(9)5/h6-7,13H,1-5H3. The van der Waals surface area contributed by atoms with Crippen LogP contribution >= 0.6 is 15.9 Å². The molecule has 0 radical (unpaired) electrons. The molecule has 6 heteroatoms. The molecule has 1 rings (SSSR count). The molecule has 4 nitrogen and oxygen atoms in total. The summed E-state index contributed by atoms with van der Waals surface area (Å²) in [5, 5.41) is 0. The summed E-state index contributed by atoms with van der Waals surface area (Å²) in [7, 11) is 1.92. The molecule has 1 heterocycles. The van der Waals surface area contributed by atoms with Gasteiger partial charge in [0.1, 0.15) is 21.2 Å². The van der Waals surface area contributed by atoms with Crippen molar-refractivity contribution >= 4 is 27.3 Å². The van der Waals surface area contributed by atoms with E-state index in [0.29, 0.717) is 0 Å². The van der Waals surface area contributed by atoms with Crippen LogP contribution in [0.25, 0.3) is 0 Å². The lowest BCUT2D eigenvalue weighted by Gasteiger charge is -2.26. The van der Waals surface area contributed by atoms with Gasteiger partial charge in [-0.3, -0.25) is 0 Å². The molecule has 2 atom stereocenters. The van der Waals surface area contributed by atoms with E-state index in [1.165, 1.54) is 0 Å². The highest BCUT2D eigenvalue weighted by molar-refractivity contribution is 9.10. The Morgan fingerprint density at radius 2 is 2.12 bits per heavy atom. The third-order valence-corrected chi connectivity index (χ3v) is 4.61. The molecular weight excluding hydrogens is 290 g/mol. The summed E-state index contributed by atoms with van der Waals surface area (Å²) in [6, 6.07) is -0.0450. The molecule has 0 spiro atoms. The SMILES string of the molecule is CC(N[S+]([O-])C(C)(C)C)c1ncc(Br)n1C. The number of imidazole rings is 1. The lowest BCUT2D eigenvalue weighted by Crippen LogP contribution is -2.41. The second kappa shape index (κ2) is 5.08. The van der Waals surface area contributed by atoms with Crippen LogP contribution in [0, 0.1) is 0 Å². The zero-order valence-electron chi connectivity index (χ0n) is 10.2. The molecule has 1 aromatic heterocycles. The van der Waals surface area contributed by atoms with Crippen LogP contribution < -0.4 is 4.72 Å². The van der Waals surface area contributed by atoms with E-state index in [4.69, 9.17) is 0 Å². The van der Waals surface area contributed by atoms with Gasteiger partial charge in [-0.05, 0) is 43.6 Å². The van der Waals surface area contributed by atoms with Crippen LogP contribution in [0.5, 0.6) is 0 Å². The van der Waals surface area contributed by atoms with E-state index in [1.54, 1.807) is 6.20 Å². The van der Waals surface area contributed by atoms with Crippen LogP contribution in [0.4, 0.5) is 0 Å². The van der Waals surface area contributed by atoms with Gasteiger partial charge in [-0.25, -0.2) is 4.98 Å². The van der Waals surface area contributed by atoms with Crippen LogP contribution in [-0.2, 0) is 18.4 Å². The number of hydrogen-bond acceptors (Lipinski definition) is 3. The molecule has 1 aromatic rings. The summed E-state index contributed by atoms with van der Waals surface area (Å²) in [6.45, 7) is 7.78. The molecule has 0 saturated heterocycles. The quantitative estimate of drug-likeness (QED) is 0.872. The lowest BCUT2D eigenvalue weighted by atomic mass is 10.3. The van der Waals surface area contributed by atoms with Crippen molar-refractivity contribution in [3.05, 3.63) is 16.6 Å². The van der Waals surface area contributed by atoms with Crippen molar-refractivity contribution in [2.75, 3.05) is 0 Å². The molecule has 0 bridgehead atoms. The van der Waals surface area contributed by atoms with E-state index in [1.807, 2.05) is 39.3 Å². The zero-order valence-corrected chi connectivity index (χ0v) is 12.6. The van der Waals surface area contributed by atoms with Crippen molar-refractivity contribution in [1.29, 1.82) is 0 Å². The van der Waals surface area contributed by atoms with Crippen molar-refractivity contribution in [2.45, 2.75) is 38.5 Å². The van der Waals surface area contributed by atoms with Gasteiger partial charge in [0.2, 0.25) is 0 Å². The molecule has 2 unspecified atom stereocenters. The predicted molar refractivity (Wildman–Crippen MR) is 70.4 cm³/mol. The van der Waals surface area contributed by atoms with Crippen molar-refractivity contribution in [1.82, 2.24) is 14.3 Å². The highest BCUT2D eigenvalue weighted by Crippen LogP contribution is 2.20. The van der Waals surface area contributed by atoms with Gasteiger partial charge in [0.25, 0.3) is 0 Å². The number of rotatable bonds is 3. The Kier molecular flexibility index (Phi) is 4.45. The third-order valence-electron chi connectivity index (χ3n) is 2.19. The van der Waals surface area contributed by atoms with E-state index >= 15 is 0 Å². The number of hydrogen-bond donors (Lipinski definition) is 1. The van der Waals surface area contributed by atoms with Gasteiger partial charge in [0.05, 0.1) is 6.20 Å². The van der Waals surface area contributed by atoms with Gasteiger partial charge >= 0.3 is 0 Å². The molecule has 0 saturated carbocycles. The van der Waals surface area contributed by atoms with Gasteiger partial charge in [0, 0.05) is 18.4 Å². The predicted octanol–water partition coefficient (Wildman–Crippen LogP) is 2.30. The van der Waals surface area contributed by atoms with Gasteiger partial charge in [-0.15, -0.1) is 4.72 Å². The summed E-state index contributed by atoms with van der Waals surface area (Å²) >= 11 is 2.30. The normalized spacial score (nSPS) is 16.2. The monoisotopic (exact) mass is 307 g/mol. The van der Waals surface area contributed by atoms with Gasteiger partial charge in [0.15, 0.2) is 0 Å². The van der Waals surface area contributed by atoms with Crippen LogP contribution in [0.15, 0.2) is 10.8 Å². The fourth-order valence-corrected chi connectivity index (χ4v) is 2.26. The zero-order chi connectivity index (χ0) is 12.5. The summed E-state index contributed by atoms with van der Waals surface area (Å²) in [6.07, 6.45) is 1.74. The fraction of sp³-hybridized carbons (Fsp3) is 0.700. The van der Waals surface area contributed by atoms with Gasteiger partial charge < -0.3 is 9.12 Å². The highest BCUT2D eigenvalue weighted by Gasteiger charge is 2.29. The number of nitrogens with zero attached hydrogens (tertiary/aromatic N) is 2. The first-order chi connectivity index (χ1) is 7.23. The molecule has 0 fully saturated rings. The Hall–Kier alpha value is -0.0400. The number of nitrogens with one attached hydrogen (secondary N) is 1. The fourth-order valence-electron chi connectivity index (χ4n) is 1.19. The Labute approximate surface area is 108 Å². The van der Waals surface area contributed by atoms with Gasteiger partial charge in [-0.1, -0.05) is 0 Å². The van der Waals surface area contributed by atoms with Crippen molar-refractivity contribution in [3.8, 4) is 0 Å². The molecule has 0 amide bonds. The maximum Gasteiger partial charge on any atom is 0.136 e. The minimum Gasteiger partial charge on any atom is -0.598 e. The number of halogens is 1. The molecule has 0 aliphatic heterocycles. The first-order valence-corrected chi connectivity index (χ1v) is 7.03. The number of aromatic nitrogens is 2. The summed E-state index contributed by atoms with van der Waals surface area (Å²) in [4.78, 5) is 4.27. The first-order valence-electron chi connectivity index (χ1n) is 5.08. The smallest absolute Gasteiger partial charge is 0.136 e. The molecule has 92 valence electrons. The van der Waals surface area contributed by atoms with Crippen molar-refractivity contribution < 1.29 is 4.55 Å². The summed E-state index contributed by atoms with van der Waals surface area (Å²) in [5.41, 5.74) is 0. The lowest BCUT2D eigenvalue weighted by molar-refractivity contribution is 0.521. The topological polar surface area (TPSA) is 52.9 Å². The maximum absolute atomic E-state index is 11.9. The second-order valence-electron chi connectivity index (χ2n) is 4.72. The Bertz CT molecular complexity index is 361. The van der Waals surface area contributed by atoms with E-state index in [-0.39, 0.29) is 10.8 Å². The van der Waals surface area contributed by atoms with E-state index in [2.05, 4.69) is 25.6 Å². The Morgan fingerprint density at radius 1 is 1.56 bits per heavy atom. The van der Waals surface area contributed by atoms with Crippen LogP contribution in [0.2, 0.25) is 0 Å². The molecular formula is C10H18BrN3OS. The average molecular weight is 308 g/mol. The average Bonchev–Trinajstić information content (AvgIpc) is 2.46. The van der Waals surface area contributed by atoms with Crippen molar-refractivity contribution in [3.63, 3.8) is 0 Å². The highest BCUT2D eigenvalue weighted by atomic mass is 79.9. The van der Waals surface area contributed by atoms with E-state index in [9.17, 15) is 4.55 Å². The Balaban J connectivity index is 2.73. The minimum absolute atomic E-state index is 0.0450.